The predicted octanol–water partition coefficient (Wildman–Crippen LogP) is -1.18. The van der Waals surface area contributed by atoms with Gasteiger partial charge in [0.15, 0.2) is 0 Å². The summed E-state index contributed by atoms with van der Waals surface area (Å²) >= 11 is 0. The largest absolute Gasteiger partial charge is 4.00 e. The van der Waals surface area contributed by atoms with Crippen molar-refractivity contribution in [3.8, 4) is 0 Å². The van der Waals surface area contributed by atoms with Crippen molar-refractivity contribution in [1.82, 2.24) is 0 Å². The first-order valence-electron chi connectivity index (χ1n) is 5.82. The molecule has 2 aromatic rings. The summed E-state index contributed by atoms with van der Waals surface area (Å²) in [6, 6.07) is 14.7. The number of fused-ring (bicyclic) bond motifs is 1. The Labute approximate surface area is 153 Å². The summed E-state index contributed by atoms with van der Waals surface area (Å²) in [5.74, 6) is 0. The standard InChI is InChI=1S/C9H7.C8H9.2ClH.Zr/c1-2-5-9-7-3-6-8(9)4-1;1-7(2)8-5-3-4-6-8;;;/h1-7H;3-5H,1-2H3;2*1H;/q2*-1;;;+4/p-2. The summed E-state index contributed by atoms with van der Waals surface area (Å²) in [5.41, 5.74) is 2.56. The Hall–Kier alpha value is -0.487. The fraction of sp³-hybridized carbons (Fsp3) is 0.118. The molecule has 0 nitrogen and oxygen atoms in total. The monoisotopic (exact) mass is 380 g/mol. The van der Waals surface area contributed by atoms with Gasteiger partial charge >= 0.3 is 26.2 Å². The Kier molecular flexibility index (Phi) is 12.2. The summed E-state index contributed by atoms with van der Waals surface area (Å²) in [7, 11) is 0. The van der Waals surface area contributed by atoms with E-state index in [0.717, 1.165) is 0 Å². The molecule has 102 valence electrons. The Morgan fingerprint density at radius 3 is 2.25 bits per heavy atom. The smallest absolute Gasteiger partial charge is 1.00 e. The van der Waals surface area contributed by atoms with Gasteiger partial charge in [-0.05, 0) is 0 Å². The third kappa shape index (κ3) is 6.31. The molecule has 0 saturated carbocycles. The second kappa shape index (κ2) is 11.2. The molecule has 0 atom stereocenters. The zero-order valence-corrected chi connectivity index (χ0v) is 15.5. The maximum absolute atomic E-state index is 3.10. The topological polar surface area (TPSA) is 0 Å². The summed E-state index contributed by atoms with van der Waals surface area (Å²) in [6.07, 6.45) is 9.10. The molecule has 0 bridgehead atoms. The van der Waals surface area contributed by atoms with Crippen molar-refractivity contribution < 1.29 is 51.0 Å². The van der Waals surface area contributed by atoms with Crippen LogP contribution < -0.4 is 24.8 Å². The van der Waals surface area contributed by atoms with Crippen molar-refractivity contribution in [1.29, 1.82) is 0 Å². The van der Waals surface area contributed by atoms with Crippen molar-refractivity contribution in [2.45, 2.75) is 13.8 Å². The van der Waals surface area contributed by atoms with Gasteiger partial charge in [0.25, 0.3) is 0 Å². The third-order valence-corrected chi connectivity index (χ3v) is 2.68. The van der Waals surface area contributed by atoms with Crippen molar-refractivity contribution in [2.24, 2.45) is 0 Å². The average molecular weight is 382 g/mol. The number of halogens is 2. The second-order valence-electron chi connectivity index (χ2n) is 4.24. The molecule has 3 rings (SSSR count). The van der Waals surface area contributed by atoms with Crippen LogP contribution in [0.4, 0.5) is 0 Å². The van der Waals surface area contributed by atoms with Gasteiger partial charge in [0.2, 0.25) is 0 Å². The van der Waals surface area contributed by atoms with Crippen molar-refractivity contribution in [2.75, 3.05) is 0 Å². The van der Waals surface area contributed by atoms with Crippen molar-refractivity contribution in [3.63, 3.8) is 0 Å². The Morgan fingerprint density at radius 2 is 1.75 bits per heavy atom. The van der Waals surface area contributed by atoms with E-state index in [0.29, 0.717) is 0 Å². The molecule has 0 N–H and O–H groups in total. The molecular weight excluding hydrogens is 366 g/mol. The minimum atomic E-state index is 0. The van der Waals surface area contributed by atoms with Gasteiger partial charge in [-0.1, -0.05) is 19.9 Å². The molecule has 0 fully saturated rings. The molecule has 20 heavy (non-hydrogen) atoms. The van der Waals surface area contributed by atoms with Gasteiger partial charge in [0, 0.05) is 0 Å². The second-order valence-corrected chi connectivity index (χ2v) is 4.24. The van der Waals surface area contributed by atoms with Gasteiger partial charge in [-0.25, -0.2) is 0 Å². The number of rotatable bonds is 0. The minimum Gasteiger partial charge on any atom is -1.00 e. The fourth-order valence-electron chi connectivity index (χ4n) is 1.71. The van der Waals surface area contributed by atoms with Crippen LogP contribution in [0.3, 0.4) is 0 Å². The van der Waals surface area contributed by atoms with E-state index in [-0.39, 0.29) is 51.0 Å². The quantitative estimate of drug-likeness (QED) is 0.503. The SMILES string of the molecule is CC(C)=C1[C-]=CC=C1.[Cl-].[Cl-].[Zr+4].c1ccc2[cH-]ccc2c1. The van der Waals surface area contributed by atoms with Crippen LogP contribution in [0.5, 0.6) is 0 Å². The average Bonchev–Trinajstić information content (AvgIpc) is 3.01. The molecule has 0 radical (unpaired) electrons. The van der Waals surface area contributed by atoms with E-state index in [1.165, 1.54) is 21.9 Å². The summed E-state index contributed by atoms with van der Waals surface area (Å²) in [6.45, 7) is 4.18. The van der Waals surface area contributed by atoms with Gasteiger partial charge in [0.1, 0.15) is 0 Å². The Morgan fingerprint density at radius 1 is 1.05 bits per heavy atom. The first-order chi connectivity index (χ1) is 8.27. The van der Waals surface area contributed by atoms with E-state index in [4.69, 9.17) is 0 Å². The van der Waals surface area contributed by atoms with E-state index < -0.39 is 0 Å². The van der Waals surface area contributed by atoms with Crippen LogP contribution in [0.25, 0.3) is 10.8 Å². The van der Waals surface area contributed by atoms with Crippen LogP contribution in [0.2, 0.25) is 0 Å². The zero-order valence-electron chi connectivity index (χ0n) is 11.5. The van der Waals surface area contributed by atoms with Crippen LogP contribution in [0, 0.1) is 6.08 Å². The van der Waals surface area contributed by atoms with Gasteiger partial charge in [-0.3, -0.25) is 0 Å². The van der Waals surface area contributed by atoms with Crippen LogP contribution in [0.15, 0.2) is 71.8 Å². The normalized spacial score (nSPS) is 10.8. The molecule has 0 aliphatic heterocycles. The van der Waals surface area contributed by atoms with Gasteiger partial charge in [-0.15, -0.1) is 41.3 Å². The van der Waals surface area contributed by atoms with E-state index >= 15 is 0 Å². The number of hydrogen-bond donors (Lipinski definition) is 0. The maximum Gasteiger partial charge on any atom is 4.00 e. The van der Waals surface area contributed by atoms with E-state index in [2.05, 4.69) is 68.5 Å². The van der Waals surface area contributed by atoms with Crippen LogP contribution in [-0.2, 0) is 26.2 Å². The molecule has 0 amide bonds. The number of hydrogen-bond acceptors (Lipinski definition) is 0. The molecule has 1 aliphatic carbocycles. The zero-order chi connectivity index (χ0) is 12.1. The molecule has 0 saturated heterocycles. The van der Waals surface area contributed by atoms with E-state index in [1.807, 2.05) is 12.2 Å². The van der Waals surface area contributed by atoms with Crippen molar-refractivity contribution in [3.05, 3.63) is 77.9 Å². The van der Waals surface area contributed by atoms with Crippen LogP contribution >= 0.6 is 0 Å². The first-order valence-corrected chi connectivity index (χ1v) is 5.82. The molecular formula is C17H16Cl2Zr. The molecule has 0 spiro atoms. The molecule has 0 heterocycles. The molecule has 0 unspecified atom stereocenters. The molecule has 3 heteroatoms. The summed E-state index contributed by atoms with van der Waals surface area (Å²) in [5, 5.41) is 2.66. The summed E-state index contributed by atoms with van der Waals surface area (Å²) in [4.78, 5) is 0. The maximum atomic E-state index is 3.10. The van der Waals surface area contributed by atoms with Gasteiger partial charge in [-0.2, -0.15) is 41.3 Å². The molecule has 2 aromatic carbocycles. The Bertz CT molecular complexity index is 544. The number of allylic oxidation sites excluding steroid dienone is 6. The molecule has 0 aromatic heterocycles. The first kappa shape index (κ1) is 21.8. The fourth-order valence-corrected chi connectivity index (χ4v) is 1.71. The van der Waals surface area contributed by atoms with Crippen molar-refractivity contribution >= 4 is 10.8 Å². The van der Waals surface area contributed by atoms with Gasteiger partial charge < -0.3 is 24.8 Å². The van der Waals surface area contributed by atoms with Crippen LogP contribution in [0.1, 0.15) is 13.8 Å². The van der Waals surface area contributed by atoms with Crippen LogP contribution in [-0.4, -0.2) is 0 Å². The third-order valence-electron chi connectivity index (χ3n) is 2.68. The predicted molar refractivity (Wildman–Crippen MR) is 74.9 cm³/mol. The van der Waals surface area contributed by atoms with Gasteiger partial charge in [0.05, 0.1) is 0 Å². The van der Waals surface area contributed by atoms with E-state index in [1.54, 1.807) is 0 Å². The summed E-state index contributed by atoms with van der Waals surface area (Å²) < 4.78 is 0. The van der Waals surface area contributed by atoms with E-state index in [9.17, 15) is 0 Å². The molecule has 1 aliphatic rings. The Balaban J connectivity index is 0. The minimum absolute atomic E-state index is 0. The number of benzene rings is 1.